The van der Waals surface area contributed by atoms with E-state index in [0.29, 0.717) is 0 Å². The third-order valence-electron chi connectivity index (χ3n) is 2.83. The fraction of sp³-hybridized carbons (Fsp3) is 1.00. The average Bonchev–Trinajstić information content (AvgIpc) is 2.42. The van der Waals surface area contributed by atoms with E-state index in [9.17, 15) is 0 Å². The molecular formula is C15H33O3P. The molecule has 0 atom stereocenters. The van der Waals surface area contributed by atoms with Crippen LogP contribution in [0.3, 0.4) is 0 Å². The van der Waals surface area contributed by atoms with E-state index in [4.69, 9.17) is 13.6 Å². The van der Waals surface area contributed by atoms with E-state index in [1.165, 1.54) is 25.7 Å². The van der Waals surface area contributed by atoms with Gasteiger partial charge in [-0.05, 0) is 19.3 Å². The lowest BCUT2D eigenvalue weighted by Gasteiger charge is -2.16. The van der Waals surface area contributed by atoms with Crippen LogP contribution in [-0.4, -0.2) is 19.8 Å². The van der Waals surface area contributed by atoms with E-state index < -0.39 is 8.60 Å². The van der Waals surface area contributed by atoms with E-state index in [1.807, 2.05) is 0 Å². The van der Waals surface area contributed by atoms with Gasteiger partial charge in [0.05, 0.1) is 19.8 Å². The zero-order chi connectivity index (χ0) is 14.2. The van der Waals surface area contributed by atoms with Gasteiger partial charge in [0, 0.05) is 0 Å². The summed E-state index contributed by atoms with van der Waals surface area (Å²) in [6.07, 6.45) is 10.7. The van der Waals surface area contributed by atoms with Crippen LogP contribution >= 0.6 is 8.60 Å². The zero-order valence-electron chi connectivity index (χ0n) is 13.2. The molecule has 0 radical (unpaired) electrons. The van der Waals surface area contributed by atoms with Crippen molar-refractivity contribution in [3.05, 3.63) is 0 Å². The van der Waals surface area contributed by atoms with Gasteiger partial charge in [-0.25, -0.2) is 0 Å². The molecule has 0 saturated carbocycles. The summed E-state index contributed by atoms with van der Waals surface area (Å²) in [4.78, 5) is 0. The van der Waals surface area contributed by atoms with Gasteiger partial charge in [-0.2, -0.15) is 0 Å². The first kappa shape index (κ1) is 19.3. The maximum absolute atomic E-state index is 5.74. The molecule has 0 fully saturated rings. The molecule has 0 saturated heterocycles. The number of unbranched alkanes of at least 4 members (excludes halogenated alkanes) is 6. The maximum Gasteiger partial charge on any atom is 0.332 e. The first-order valence-corrected chi connectivity index (χ1v) is 9.13. The maximum atomic E-state index is 5.74. The van der Waals surface area contributed by atoms with Crippen LogP contribution in [0.1, 0.15) is 78.6 Å². The molecule has 0 aromatic rings. The van der Waals surface area contributed by atoms with Gasteiger partial charge in [-0.1, -0.05) is 59.3 Å². The van der Waals surface area contributed by atoms with Gasteiger partial charge >= 0.3 is 8.60 Å². The second kappa shape index (κ2) is 16.4. The summed E-state index contributed by atoms with van der Waals surface area (Å²) in [6.45, 7) is 8.84. The fourth-order valence-electron chi connectivity index (χ4n) is 1.52. The molecule has 0 unspecified atom stereocenters. The molecule has 0 bridgehead atoms. The molecule has 3 nitrogen and oxygen atoms in total. The highest BCUT2D eigenvalue weighted by Crippen LogP contribution is 2.40. The standard InChI is InChI=1S/C15H33O3P/c1-4-7-10-11-12-15-18-19(16-13-8-5-2)17-14-9-6-3/h4-15H2,1-3H3. The van der Waals surface area contributed by atoms with Crippen molar-refractivity contribution >= 4 is 8.60 Å². The lowest BCUT2D eigenvalue weighted by molar-refractivity contribution is 0.155. The Labute approximate surface area is 121 Å². The van der Waals surface area contributed by atoms with Gasteiger partial charge < -0.3 is 13.6 Å². The van der Waals surface area contributed by atoms with Crippen LogP contribution in [-0.2, 0) is 13.6 Å². The normalized spacial score (nSPS) is 11.4. The van der Waals surface area contributed by atoms with Crippen LogP contribution in [0.25, 0.3) is 0 Å². The second-order valence-electron chi connectivity index (χ2n) is 4.84. The topological polar surface area (TPSA) is 27.7 Å². The van der Waals surface area contributed by atoms with Crippen molar-refractivity contribution in [1.29, 1.82) is 0 Å². The summed E-state index contributed by atoms with van der Waals surface area (Å²) < 4.78 is 17.1. The molecule has 0 N–H and O–H groups in total. The molecule has 0 heterocycles. The van der Waals surface area contributed by atoms with Crippen molar-refractivity contribution in [2.45, 2.75) is 78.6 Å². The highest BCUT2D eigenvalue weighted by Gasteiger charge is 2.11. The van der Waals surface area contributed by atoms with Crippen molar-refractivity contribution < 1.29 is 13.6 Å². The van der Waals surface area contributed by atoms with Crippen molar-refractivity contribution in [3.63, 3.8) is 0 Å². The Bertz CT molecular complexity index is 157. The van der Waals surface area contributed by atoms with Crippen LogP contribution in [0.15, 0.2) is 0 Å². The monoisotopic (exact) mass is 292 g/mol. The highest BCUT2D eigenvalue weighted by atomic mass is 31.2. The van der Waals surface area contributed by atoms with Gasteiger partial charge in [0.15, 0.2) is 0 Å². The third kappa shape index (κ3) is 14.5. The van der Waals surface area contributed by atoms with Gasteiger partial charge in [-0.15, -0.1) is 0 Å². The van der Waals surface area contributed by atoms with Crippen LogP contribution in [0.5, 0.6) is 0 Å². The van der Waals surface area contributed by atoms with Gasteiger partial charge in [0.1, 0.15) is 0 Å². The molecule has 0 aliphatic carbocycles. The van der Waals surface area contributed by atoms with Crippen LogP contribution in [0.2, 0.25) is 0 Å². The predicted octanol–water partition coefficient (Wildman–Crippen LogP) is 5.83. The Morgan fingerprint density at radius 2 is 0.947 bits per heavy atom. The molecule has 0 aromatic carbocycles. The second-order valence-corrected chi connectivity index (χ2v) is 6.07. The Balaban J connectivity index is 3.58. The predicted molar refractivity (Wildman–Crippen MR) is 83.4 cm³/mol. The van der Waals surface area contributed by atoms with Gasteiger partial charge in [0.25, 0.3) is 0 Å². The van der Waals surface area contributed by atoms with Gasteiger partial charge in [0.2, 0.25) is 0 Å². The minimum Gasteiger partial charge on any atom is -0.312 e. The third-order valence-corrected chi connectivity index (χ3v) is 4.01. The van der Waals surface area contributed by atoms with Crippen molar-refractivity contribution in [2.24, 2.45) is 0 Å². The Kier molecular flexibility index (Phi) is 16.6. The summed E-state index contributed by atoms with van der Waals surface area (Å²) in [5, 5.41) is 0. The Hall–Kier alpha value is 0.310. The molecule has 0 aromatic heterocycles. The SMILES string of the molecule is CCCCCCCOP(OCCCC)OCCCC. The van der Waals surface area contributed by atoms with E-state index in [2.05, 4.69) is 20.8 Å². The number of rotatable bonds is 15. The van der Waals surface area contributed by atoms with Crippen molar-refractivity contribution in [2.75, 3.05) is 19.8 Å². The van der Waals surface area contributed by atoms with E-state index in [1.54, 1.807) is 0 Å². The highest BCUT2D eigenvalue weighted by molar-refractivity contribution is 7.41. The molecule has 0 rings (SSSR count). The summed E-state index contributed by atoms with van der Waals surface area (Å²) in [7, 11) is -1.11. The van der Waals surface area contributed by atoms with Crippen LogP contribution in [0.4, 0.5) is 0 Å². The molecule has 0 spiro atoms. The minimum atomic E-state index is -1.11. The van der Waals surface area contributed by atoms with E-state index >= 15 is 0 Å². The summed E-state index contributed by atoms with van der Waals surface area (Å²) >= 11 is 0. The lowest BCUT2D eigenvalue weighted by Crippen LogP contribution is -2.00. The first-order chi connectivity index (χ1) is 9.35. The van der Waals surface area contributed by atoms with Crippen LogP contribution in [0, 0.1) is 0 Å². The smallest absolute Gasteiger partial charge is 0.312 e. The molecule has 0 amide bonds. The Morgan fingerprint density at radius 3 is 1.42 bits per heavy atom. The van der Waals surface area contributed by atoms with Crippen molar-refractivity contribution in [1.82, 2.24) is 0 Å². The van der Waals surface area contributed by atoms with Crippen LogP contribution < -0.4 is 0 Å². The average molecular weight is 292 g/mol. The molecule has 19 heavy (non-hydrogen) atoms. The lowest BCUT2D eigenvalue weighted by atomic mass is 10.2. The molecule has 0 aliphatic rings. The summed E-state index contributed by atoms with van der Waals surface area (Å²) in [5.41, 5.74) is 0. The summed E-state index contributed by atoms with van der Waals surface area (Å²) in [5.74, 6) is 0. The molecule has 116 valence electrons. The van der Waals surface area contributed by atoms with E-state index in [0.717, 1.165) is 51.9 Å². The zero-order valence-corrected chi connectivity index (χ0v) is 14.1. The minimum absolute atomic E-state index is 0.754. The molecule has 4 heteroatoms. The number of hydrogen-bond donors (Lipinski definition) is 0. The fourth-order valence-corrected chi connectivity index (χ4v) is 2.58. The van der Waals surface area contributed by atoms with Crippen molar-refractivity contribution in [3.8, 4) is 0 Å². The molecule has 0 aliphatic heterocycles. The quantitative estimate of drug-likeness (QED) is 0.280. The van der Waals surface area contributed by atoms with E-state index in [-0.39, 0.29) is 0 Å². The number of hydrogen-bond acceptors (Lipinski definition) is 3. The summed E-state index contributed by atoms with van der Waals surface area (Å²) in [6, 6.07) is 0. The molecular weight excluding hydrogens is 259 g/mol. The first-order valence-electron chi connectivity index (χ1n) is 8.04. The van der Waals surface area contributed by atoms with Gasteiger partial charge in [-0.3, -0.25) is 0 Å². The largest absolute Gasteiger partial charge is 0.332 e. The Morgan fingerprint density at radius 1 is 0.526 bits per heavy atom.